The first-order valence-electron chi connectivity index (χ1n) is 11.4. The molecule has 0 N–H and O–H groups in total. The van der Waals surface area contributed by atoms with Crippen LogP contribution in [0.3, 0.4) is 0 Å². The number of hydrogen-bond acceptors (Lipinski definition) is 3. The molecule has 0 spiro atoms. The fourth-order valence-corrected chi connectivity index (χ4v) is 5.86. The quantitative estimate of drug-likeness (QED) is 0.248. The smallest absolute Gasteiger partial charge is 0.201 e. The van der Waals surface area contributed by atoms with E-state index in [2.05, 4.69) is 100 Å². The molecule has 0 unspecified atom stereocenters. The molecule has 2 nitrogen and oxygen atoms in total. The molecule has 33 heavy (non-hydrogen) atoms. The van der Waals surface area contributed by atoms with Gasteiger partial charge in [0.1, 0.15) is 0 Å². The average molecular weight is 457 g/mol. The molecule has 0 fully saturated rings. The van der Waals surface area contributed by atoms with Crippen LogP contribution in [0.25, 0.3) is 42.3 Å². The molecular formula is C29H29FN2S. The molecule has 0 atom stereocenters. The van der Waals surface area contributed by atoms with Crippen molar-refractivity contribution >= 4 is 42.4 Å². The molecule has 5 rings (SSSR count). The first kappa shape index (κ1) is 22.0. The Labute approximate surface area is 198 Å². The van der Waals surface area contributed by atoms with Gasteiger partial charge < -0.3 is 0 Å². The van der Waals surface area contributed by atoms with Crippen molar-refractivity contribution in [1.82, 2.24) is 9.97 Å². The number of thiophene rings is 1. The summed E-state index contributed by atoms with van der Waals surface area (Å²) in [6.07, 6.45) is 0.311. The summed E-state index contributed by atoms with van der Waals surface area (Å²) in [6, 6.07) is 19.2. The second-order valence-corrected chi connectivity index (χ2v) is 12.2. The lowest BCUT2D eigenvalue weighted by Crippen LogP contribution is -2.12. The summed E-state index contributed by atoms with van der Waals surface area (Å²) in [5, 5.41) is 3.36. The number of benzene rings is 3. The Morgan fingerprint density at radius 2 is 1.61 bits per heavy atom. The van der Waals surface area contributed by atoms with Crippen molar-refractivity contribution in [2.45, 2.75) is 53.4 Å². The molecule has 4 heteroatoms. The molecule has 2 aromatic heterocycles. The van der Waals surface area contributed by atoms with E-state index in [1.54, 1.807) is 11.3 Å². The van der Waals surface area contributed by atoms with Gasteiger partial charge in [-0.1, -0.05) is 77.9 Å². The van der Waals surface area contributed by atoms with E-state index < -0.39 is 6.08 Å². The van der Waals surface area contributed by atoms with Gasteiger partial charge in [0.05, 0.1) is 15.9 Å². The summed E-state index contributed by atoms with van der Waals surface area (Å²) in [5.41, 5.74) is 4.98. The lowest BCUT2D eigenvalue weighted by atomic mass is 9.82. The predicted octanol–water partition coefficient (Wildman–Crippen LogP) is 8.69. The fraction of sp³-hybridized carbons (Fsp3) is 0.310. The highest BCUT2D eigenvalue weighted by Gasteiger charge is 2.21. The molecule has 0 aliphatic heterocycles. The maximum atomic E-state index is 14.7. The van der Waals surface area contributed by atoms with Crippen LogP contribution in [0.4, 0.5) is 4.39 Å². The van der Waals surface area contributed by atoms with Crippen LogP contribution in [0, 0.1) is 11.5 Å². The van der Waals surface area contributed by atoms with Gasteiger partial charge in [0.15, 0.2) is 0 Å². The van der Waals surface area contributed by atoms with Crippen molar-refractivity contribution in [1.29, 1.82) is 0 Å². The number of hydrogen-bond donors (Lipinski definition) is 0. The maximum Gasteiger partial charge on any atom is 0.309 e. The van der Waals surface area contributed by atoms with Gasteiger partial charge in [0.25, 0.3) is 0 Å². The number of halogens is 1. The molecule has 5 aromatic rings. The normalized spacial score (nSPS) is 12.8. The molecule has 0 amide bonds. The van der Waals surface area contributed by atoms with E-state index >= 15 is 0 Å². The standard InChI is InChI=1S/C29H29FN2S/c1-28(2,3)16-17-11-12-21-23(13-17)33-26-24(31-27(30)32-25(21)26)19-14-18-9-7-8-10-20(18)22(15-19)29(4,5)6/h7-15H,16H2,1-6H3. The van der Waals surface area contributed by atoms with Crippen molar-refractivity contribution < 1.29 is 4.39 Å². The van der Waals surface area contributed by atoms with Crippen molar-refractivity contribution in [3.63, 3.8) is 0 Å². The van der Waals surface area contributed by atoms with Gasteiger partial charge in [0.2, 0.25) is 0 Å². The molecule has 0 aliphatic rings. The molecule has 0 bridgehead atoms. The van der Waals surface area contributed by atoms with Crippen molar-refractivity contribution in [3.05, 3.63) is 71.8 Å². The highest BCUT2D eigenvalue weighted by molar-refractivity contribution is 7.26. The van der Waals surface area contributed by atoms with E-state index in [-0.39, 0.29) is 10.8 Å². The molecule has 3 aromatic carbocycles. The van der Waals surface area contributed by atoms with Crippen LogP contribution in [0.1, 0.15) is 52.7 Å². The third-order valence-corrected chi connectivity index (χ3v) is 7.18. The third kappa shape index (κ3) is 4.13. The molecule has 0 radical (unpaired) electrons. The summed E-state index contributed by atoms with van der Waals surface area (Å²) in [5.74, 6) is 0. The fourth-order valence-electron chi connectivity index (χ4n) is 4.65. The minimum absolute atomic E-state index is 0.0532. The molecular weight excluding hydrogens is 427 g/mol. The number of nitrogens with zero attached hydrogens (tertiary/aromatic N) is 2. The molecule has 0 saturated carbocycles. The van der Waals surface area contributed by atoms with E-state index in [0.29, 0.717) is 11.2 Å². The Morgan fingerprint density at radius 1 is 0.848 bits per heavy atom. The Balaban J connectivity index is 1.78. The monoisotopic (exact) mass is 456 g/mol. The van der Waals surface area contributed by atoms with E-state index in [0.717, 1.165) is 32.2 Å². The number of aromatic nitrogens is 2. The van der Waals surface area contributed by atoms with Crippen LogP contribution >= 0.6 is 11.3 Å². The summed E-state index contributed by atoms with van der Waals surface area (Å²) in [6.45, 7) is 13.4. The van der Waals surface area contributed by atoms with E-state index in [4.69, 9.17) is 0 Å². The van der Waals surface area contributed by atoms with Gasteiger partial charge >= 0.3 is 6.08 Å². The van der Waals surface area contributed by atoms with Crippen LogP contribution in [0.15, 0.2) is 54.6 Å². The third-order valence-electron chi connectivity index (χ3n) is 6.03. The Morgan fingerprint density at radius 3 is 2.33 bits per heavy atom. The Kier molecular flexibility index (Phi) is 5.06. The molecule has 0 saturated heterocycles. The Bertz CT molecular complexity index is 1520. The lowest BCUT2D eigenvalue weighted by Gasteiger charge is -2.22. The maximum absolute atomic E-state index is 14.7. The average Bonchev–Trinajstić information content (AvgIpc) is 3.08. The Hall–Kier alpha value is -2.85. The molecule has 0 aliphatic carbocycles. The van der Waals surface area contributed by atoms with Gasteiger partial charge in [-0.2, -0.15) is 4.39 Å². The van der Waals surface area contributed by atoms with E-state index in [1.807, 2.05) is 6.07 Å². The zero-order chi connectivity index (χ0) is 23.5. The van der Waals surface area contributed by atoms with E-state index in [9.17, 15) is 4.39 Å². The van der Waals surface area contributed by atoms with Crippen LogP contribution in [-0.4, -0.2) is 9.97 Å². The van der Waals surface area contributed by atoms with Crippen molar-refractivity contribution in [3.8, 4) is 11.3 Å². The van der Waals surface area contributed by atoms with Crippen LogP contribution in [0.5, 0.6) is 0 Å². The minimum Gasteiger partial charge on any atom is -0.201 e. The highest BCUT2D eigenvalue weighted by Crippen LogP contribution is 2.41. The summed E-state index contributed by atoms with van der Waals surface area (Å²) >= 11 is 1.66. The predicted molar refractivity (Wildman–Crippen MR) is 140 cm³/mol. The summed E-state index contributed by atoms with van der Waals surface area (Å²) in [7, 11) is 0. The first-order chi connectivity index (χ1) is 15.5. The van der Waals surface area contributed by atoms with Gasteiger partial charge in [-0.25, -0.2) is 9.97 Å². The topological polar surface area (TPSA) is 25.8 Å². The highest BCUT2D eigenvalue weighted by atomic mass is 32.1. The summed E-state index contributed by atoms with van der Waals surface area (Å²) in [4.78, 5) is 8.53. The number of fused-ring (bicyclic) bond motifs is 4. The summed E-state index contributed by atoms with van der Waals surface area (Å²) < 4.78 is 16.8. The van der Waals surface area contributed by atoms with E-state index in [1.165, 1.54) is 16.5 Å². The van der Waals surface area contributed by atoms with Gasteiger partial charge in [0, 0.05) is 15.6 Å². The van der Waals surface area contributed by atoms with Crippen molar-refractivity contribution in [2.75, 3.05) is 0 Å². The van der Waals surface area contributed by atoms with Crippen LogP contribution in [0.2, 0.25) is 0 Å². The number of rotatable bonds is 2. The van der Waals surface area contributed by atoms with Gasteiger partial charge in [-0.15, -0.1) is 11.3 Å². The second kappa shape index (κ2) is 7.59. The zero-order valence-corrected chi connectivity index (χ0v) is 20.9. The molecule has 168 valence electrons. The SMILES string of the molecule is CC(C)(C)Cc1ccc2c(c1)sc1c(-c3cc(C(C)(C)C)c4ccccc4c3)nc(F)nc12. The minimum atomic E-state index is -0.679. The van der Waals surface area contributed by atoms with Gasteiger partial charge in [-0.05, 0) is 57.3 Å². The van der Waals surface area contributed by atoms with Crippen LogP contribution in [-0.2, 0) is 11.8 Å². The molecule has 2 heterocycles. The van der Waals surface area contributed by atoms with Crippen LogP contribution < -0.4 is 0 Å². The zero-order valence-electron chi connectivity index (χ0n) is 20.1. The largest absolute Gasteiger partial charge is 0.309 e. The lowest BCUT2D eigenvalue weighted by molar-refractivity contribution is 0.411. The second-order valence-electron chi connectivity index (χ2n) is 11.2. The van der Waals surface area contributed by atoms with Gasteiger partial charge in [-0.3, -0.25) is 0 Å². The van der Waals surface area contributed by atoms with Crippen molar-refractivity contribution in [2.24, 2.45) is 5.41 Å². The first-order valence-corrected chi connectivity index (χ1v) is 12.2.